The van der Waals surface area contributed by atoms with Crippen LogP contribution in [0.25, 0.3) is 0 Å². The first-order valence-electron chi connectivity index (χ1n) is 8.09. The van der Waals surface area contributed by atoms with Crippen molar-refractivity contribution in [3.63, 3.8) is 0 Å². The second-order valence-electron chi connectivity index (χ2n) is 6.26. The standard InChI is InChI=1S/C17H25N3O/c1-2-13-5-3-7-15(9-13)19-17(21)12-20-10-14-6-4-8-18-16(14)11-20/h3,5,7,9,14,16,18H,2,4,6,8,10-12H2,1H3,(H,19,21). The third-order valence-corrected chi connectivity index (χ3v) is 4.66. The molecule has 0 aliphatic carbocycles. The van der Waals surface area contributed by atoms with E-state index in [1.165, 1.54) is 18.4 Å². The van der Waals surface area contributed by atoms with Crippen LogP contribution in [0.3, 0.4) is 0 Å². The number of anilines is 1. The molecule has 4 nitrogen and oxygen atoms in total. The summed E-state index contributed by atoms with van der Waals surface area (Å²) >= 11 is 0. The molecule has 114 valence electrons. The number of nitrogens with one attached hydrogen (secondary N) is 2. The fourth-order valence-corrected chi connectivity index (χ4v) is 3.54. The Morgan fingerprint density at radius 3 is 3.14 bits per heavy atom. The summed E-state index contributed by atoms with van der Waals surface area (Å²) in [6.45, 7) is 5.82. The van der Waals surface area contributed by atoms with Crippen LogP contribution in [-0.2, 0) is 11.2 Å². The molecule has 0 radical (unpaired) electrons. The first-order chi connectivity index (χ1) is 10.2. The number of carbonyl (C=O) groups is 1. The molecule has 2 atom stereocenters. The lowest BCUT2D eigenvalue weighted by atomic mass is 9.94. The van der Waals surface area contributed by atoms with Gasteiger partial charge in [0.2, 0.25) is 5.91 Å². The summed E-state index contributed by atoms with van der Waals surface area (Å²) < 4.78 is 0. The van der Waals surface area contributed by atoms with Crippen molar-refractivity contribution in [1.29, 1.82) is 0 Å². The summed E-state index contributed by atoms with van der Waals surface area (Å²) in [7, 11) is 0. The van der Waals surface area contributed by atoms with Crippen molar-refractivity contribution in [2.45, 2.75) is 32.2 Å². The molecule has 0 bridgehead atoms. The van der Waals surface area contributed by atoms with Crippen molar-refractivity contribution >= 4 is 11.6 Å². The van der Waals surface area contributed by atoms with Gasteiger partial charge < -0.3 is 10.6 Å². The van der Waals surface area contributed by atoms with Crippen molar-refractivity contribution in [3.05, 3.63) is 29.8 Å². The van der Waals surface area contributed by atoms with E-state index in [1.54, 1.807) is 0 Å². The van der Waals surface area contributed by atoms with Gasteiger partial charge >= 0.3 is 0 Å². The zero-order chi connectivity index (χ0) is 14.7. The largest absolute Gasteiger partial charge is 0.325 e. The van der Waals surface area contributed by atoms with E-state index < -0.39 is 0 Å². The van der Waals surface area contributed by atoms with E-state index in [9.17, 15) is 4.79 Å². The Labute approximate surface area is 126 Å². The van der Waals surface area contributed by atoms with Crippen LogP contribution in [0.1, 0.15) is 25.3 Å². The van der Waals surface area contributed by atoms with Crippen LogP contribution in [0.2, 0.25) is 0 Å². The third kappa shape index (κ3) is 3.63. The first kappa shape index (κ1) is 14.5. The summed E-state index contributed by atoms with van der Waals surface area (Å²) in [5, 5.41) is 6.60. The van der Waals surface area contributed by atoms with Gasteiger partial charge in [0.1, 0.15) is 0 Å². The summed E-state index contributed by atoms with van der Waals surface area (Å²) in [5.41, 5.74) is 2.17. The minimum atomic E-state index is 0.0990. The van der Waals surface area contributed by atoms with E-state index in [0.717, 1.165) is 37.7 Å². The quantitative estimate of drug-likeness (QED) is 0.888. The first-order valence-corrected chi connectivity index (χ1v) is 8.09. The van der Waals surface area contributed by atoms with Gasteiger partial charge in [-0.3, -0.25) is 9.69 Å². The fourth-order valence-electron chi connectivity index (χ4n) is 3.54. The van der Waals surface area contributed by atoms with Crippen LogP contribution in [0.4, 0.5) is 5.69 Å². The smallest absolute Gasteiger partial charge is 0.238 e. The molecular formula is C17H25N3O. The number of aryl methyl sites for hydroxylation is 1. The van der Waals surface area contributed by atoms with Gasteiger partial charge in [0.05, 0.1) is 6.54 Å². The molecule has 2 aliphatic heterocycles. The van der Waals surface area contributed by atoms with Gasteiger partial charge in [-0.15, -0.1) is 0 Å². The normalized spacial score (nSPS) is 25.6. The Balaban J connectivity index is 1.52. The van der Waals surface area contributed by atoms with Crippen LogP contribution < -0.4 is 10.6 Å². The van der Waals surface area contributed by atoms with Crippen molar-refractivity contribution in [2.75, 3.05) is 31.5 Å². The van der Waals surface area contributed by atoms with E-state index in [1.807, 2.05) is 12.1 Å². The Morgan fingerprint density at radius 1 is 1.43 bits per heavy atom. The molecule has 0 aromatic heterocycles. The van der Waals surface area contributed by atoms with Crippen molar-refractivity contribution in [3.8, 4) is 0 Å². The number of fused-ring (bicyclic) bond motifs is 1. The number of rotatable bonds is 4. The van der Waals surface area contributed by atoms with Crippen molar-refractivity contribution in [1.82, 2.24) is 10.2 Å². The molecule has 21 heavy (non-hydrogen) atoms. The Hall–Kier alpha value is -1.39. The highest BCUT2D eigenvalue weighted by atomic mass is 16.2. The lowest BCUT2D eigenvalue weighted by Gasteiger charge is -2.24. The van der Waals surface area contributed by atoms with Gasteiger partial charge in [0.15, 0.2) is 0 Å². The number of hydrogen-bond donors (Lipinski definition) is 2. The number of likely N-dealkylation sites (tertiary alicyclic amines) is 1. The maximum Gasteiger partial charge on any atom is 0.238 e. The van der Waals surface area contributed by atoms with Gasteiger partial charge in [-0.25, -0.2) is 0 Å². The van der Waals surface area contributed by atoms with Crippen molar-refractivity contribution in [2.24, 2.45) is 5.92 Å². The number of piperidine rings is 1. The van der Waals surface area contributed by atoms with Gasteiger partial charge in [0, 0.05) is 24.8 Å². The average molecular weight is 287 g/mol. The number of carbonyl (C=O) groups excluding carboxylic acids is 1. The van der Waals surface area contributed by atoms with Crippen LogP contribution in [-0.4, -0.2) is 43.0 Å². The van der Waals surface area contributed by atoms with Gasteiger partial charge in [-0.2, -0.15) is 0 Å². The van der Waals surface area contributed by atoms with Gasteiger partial charge in [-0.1, -0.05) is 19.1 Å². The highest BCUT2D eigenvalue weighted by Gasteiger charge is 2.34. The molecule has 3 rings (SSSR count). The van der Waals surface area contributed by atoms with Crippen LogP contribution >= 0.6 is 0 Å². The molecule has 0 saturated carbocycles. The molecule has 2 heterocycles. The van der Waals surface area contributed by atoms with E-state index >= 15 is 0 Å². The molecular weight excluding hydrogens is 262 g/mol. The molecule has 2 fully saturated rings. The molecule has 2 N–H and O–H groups in total. The zero-order valence-corrected chi connectivity index (χ0v) is 12.8. The van der Waals surface area contributed by atoms with Crippen LogP contribution in [0.5, 0.6) is 0 Å². The van der Waals surface area contributed by atoms with Crippen LogP contribution in [0.15, 0.2) is 24.3 Å². The van der Waals surface area contributed by atoms with E-state index in [2.05, 4.69) is 34.6 Å². The lowest BCUT2D eigenvalue weighted by Crippen LogP contribution is -2.41. The Morgan fingerprint density at radius 2 is 2.33 bits per heavy atom. The molecule has 1 amide bonds. The SMILES string of the molecule is CCc1cccc(NC(=O)CN2CC3CCCNC3C2)c1. The third-order valence-electron chi connectivity index (χ3n) is 4.66. The number of hydrogen-bond acceptors (Lipinski definition) is 3. The molecule has 2 saturated heterocycles. The minimum absolute atomic E-state index is 0.0990. The predicted octanol–water partition coefficient (Wildman–Crippen LogP) is 1.87. The predicted molar refractivity (Wildman–Crippen MR) is 85.4 cm³/mol. The monoisotopic (exact) mass is 287 g/mol. The Kier molecular flexibility index (Phi) is 4.56. The lowest BCUT2D eigenvalue weighted by molar-refractivity contribution is -0.117. The summed E-state index contributed by atoms with van der Waals surface area (Å²) in [5.74, 6) is 0.830. The highest BCUT2D eigenvalue weighted by molar-refractivity contribution is 5.92. The van der Waals surface area contributed by atoms with Gasteiger partial charge in [0.25, 0.3) is 0 Å². The number of nitrogens with zero attached hydrogens (tertiary/aromatic N) is 1. The maximum atomic E-state index is 12.2. The molecule has 1 aromatic rings. The van der Waals surface area contributed by atoms with E-state index in [-0.39, 0.29) is 5.91 Å². The van der Waals surface area contributed by atoms with Gasteiger partial charge in [-0.05, 0) is 49.4 Å². The number of benzene rings is 1. The Bertz CT molecular complexity index is 489. The van der Waals surface area contributed by atoms with E-state index in [0.29, 0.717) is 12.6 Å². The summed E-state index contributed by atoms with van der Waals surface area (Å²) in [4.78, 5) is 14.5. The molecule has 2 unspecified atom stereocenters. The van der Waals surface area contributed by atoms with E-state index in [4.69, 9.17) is 0 Å². The minimum Gasteiger partial charge on any atom is -0.325 e. The highest BCUT2D eigenvalue weighted by Crippen LogP contribution is 2.24. The summed E-state index contributed by atoms with van der Waals surface area (Å²) in [6, 6.07) is 8.70. The average Bonchev–Trinajstić information content (AvgIpc) is 2.89. The summed E-state index contributed by atoms with van der Waals surface area (Å²) in [6.07, 6.45) is 3.56. The fraction of sp³-hybridized carbons (Fsp3) is 0.588. The maximum absolute atomic E-state index is 12.2. The second kappa shape index (κ2) is 6.58. The molecule has 1 aromatic carbocycles. The zero-order valence-electron chi connectivity index (χ0n) is 12.8. The second-order valence-corrected chi connectivity index (χ2v) is 6.26. The molecule has 2 aliphatic rings. The van der Waals surface area contributed by atoms with Crippen LogP contribution in [0, 0.1) is 5.92 Å². The number of amides is 1. The molecule has 0 spiro atoms. The molecule has 4 heteroatoms. The van der Waals surface area contributed by atoms with Crippen molar-refractivity contribution < 1.29 is 4.79 Å². The topological polar surface area (TPSA) is 44.4 Å².